The van der Waals surface area contributed by atoms with Gasteiger partial charge in [-0.15, -0.1) is 10.2 Å². The molecule has 2 N–H and O–H groups in total. The van der Waals surface area contributed by atoms with Crippen LogP contribution in [0, 0.1) is 0 Å². The lowest BCUT2D eigenvalue weighted by Gasteiger charge is -2.01. The van der Waals surface area contributed by atoms with Crippen LogP contribution in [0.5, 0.6) is 11.5 Å². The average molecular weight is 488 g/mol. The number of aromatic nitrogens is 2. The summed E-state index contributed by atoms with van der Waals surface area (Å²) < 4.78 is 11.4. The lowest BCUT2D eigenvalue weighted by atomic mass is 10.2. The first kappa shape index (κ1) is 20.0. The zero-order valence-corrected chi connectivity index (χ0v) is 17.7. The number of halogens is 1. The van der Waals surface area contributed by atoms with Crippen molar-refractivity contribution in [1.82, 2.24) is 15.6 Å². The third-order valence-corrected chi connectivity index (χ3v) is 5.32. The topological polar surface area (TPSA) is 115 Å². The molecule has 0 radical (unpaired) electrons. The van der Waals surface area contributed by atoms with Gasteiger partial charge in [0.15, 0.2) is 11.5 Å². The van der Waals surface area contributed by atoms with E-state index in [-0.39, 0.29) is 25.0 Å². The number of anilines is 1. The molecule has 2 aromatic carbocycles. The molecule has 0 unspecified atom stereocenters. The van der Waals surface area contributed by atoms with E-state index in [4.69, 9.17) is 9.47 Å². The molecule has 0 spiro atoms. The minimum absolute atomic E-state index is 0.0128. The summed E-state index contributed by atoms with van der Waals surface area (Å²) in [5, 5.41) is 15.2. The molecule has 3 aromatic rings. The van der Waals surface area contributed by atoms with Crippen molar-refractivity contribution in [3.05, 3.63) is 63.1 Å². The Balaban J connectivity index is 1.30. The average Bonchev–Trinajstić information content (AvgIpc) is 3.38. The van der Waals surface area contributed by atoms with Gasteiger partial charge in [0.1, 0.15) is 5.01 Å². The second-order valence-electron chi connectivity index (χ2n) is 6.03. The lowest BCUT2D eigenvalue weighted by molar-refractivity contribution is -0.120. The Hall–Kier alpha value is -3.31. The van der Waals surface area contributed by atoms with Crippen molar-refractivity contribution in [3.63, 3.8) is 0 Å². The van der Waals surface area contributed by atoms with Gasteiger partial charge in [-0.3, -0.25) is 14.9 Å². The van der Waals surface area contributed by atoms with Gasteiger partial charge in [0.25, 0.3) is 5.91 Å². The molecule has 1 aliphatic rings. The van der Waals surface area contributed by atoms with Crippen LogP contribution in [0.15, 0.2) is 52.0 Å². The van der Waals surface area contributed by atoms with Crippen LogP contribution in [0.2, 0.25) is 0 Å². The second kappa shape index (κ2) is 9.01. The molecule has 0 fully saturated rings. The number of nitrogens with zero attached hydrogens (tertiary/aromatic N) is 3. The van der Waals surface area contributed by atoms with Gasteiger partial charge in [0.05, 0.1) is 17.1 Å². The van der Waals surface area contributed by atoms with E-state index in [1.165, 1.54) is 6.21 Å². The highest BCUT2D eigenvalue weighted by atomic mass is 79.9. The molecular weight excluding hydrogens is 474 g/mol. The smallest absolute Gasteiger partial charge is 0.257 e. The summed E-state index contributed by atoms with van der Waals surface area (Å²) in [4.78, 5) is 24.2. The molecule has 1 aromatic heterocycles. The maximum Gasteiger partial charge on any atom is 0.257 e. The summed E-state index contributed by atoms with van der Waals surface area (Å²) in [7, 11) is 0. The van der Waals surface area contributed by atoms with E-state index in [0.717, 1.165) is 21.4 Å². The molecule has 152 valence electrons. The highest BCUT2D eigenvalue weighted by Gasteiger charge is 2.17. The van der Waals surface area contributed by atoms with Crippen LogP contribution in [0.3, 0.4) is 0 Å². The number of benzene rings is 2. The molecule has 1 aliphatic heterocycles. The molecule has 0 saturated heterocycles. The van der Waals surface area contributed by atoms with Crippen LogP contribution in [-0.2, 0) is 11.2 Å². The number of carbonyl (C=O) groups excluding carboxylic acids is 2. The van der Waals surface area contributed by atoms with Crippen LogP contribution in [0.1, 0.15) is 20.9 Å². The lowest BCUT2D eigenvalue weighted by Crippen LogP contribution is -2.19. The Morgan fingerprint density at radius 3 is 2.87 bits per heavy atom. The monoisotopic (exact) mass is 487 g/mol. The highest BCUT2D eigenvalue weighted by molar-refractivity contribution is 9.10. The number of ether oxygens (including phenoxy) is 2. The van der Waals surface area contributed by atoms with E-state index in [9.17, 15) is 9.59 Å². The predicted molar refractivity (Wildman–Crippen MR) is 114 cm³/mol. The third-order valence-electron chi connectivity index (χ3n) is 3.89. The zero-order valence-electron chi connectivity index (χ0n) is 15.3. The Kier molecular flexibility index (Phi) is 6.00. The van der Waals surface area contributed by atoms with E-state index in [1.54, 1.807) is 36.4 Å². The van der Waals surface area contributed by atoms with Crippen LogP contribution < -0.4 is 20.2 Å². The molecule has 0 aliphatic carbocycles. The summed E-state index contributed by atoms with van der Waals surface area (Å²) in [5.74, 6) is 0.601. The Morgan fingerprint density at radius 2 is 2.03 bits per heavy atom. The normalized spacial score (nSPS) is 12.2. The van der Waals surface area contributed by atoms with Crippen molar-refractivity contribution in [2.75, 3.05) is 12.1 Å². The second-order valence-corrected chi connectivity index (χ2v) is 7.94. The molecule has 0 atom stereocenters. The number of hydrogen-bond acceptors (Lipinski definition) is 8. The first-order chi connectivity index (χ1) is 14.6. The molecule has 2 heterocycles. The standard InChI is InChI=1S/C19H14BrN5O4S/c20-13-6-11(7-14-17(13)29-10-28-14)9-21-23-15(26)8-16-24-25-19(30-16)22-18(27)12-4-2-1-3-5-12/h1-7,9H,8,10H2,(H,23,26)(H,22,25,27)/b21-9+. The van der Waals surface area contributed by atoms with Crippen LogP contribution >= 0.6 is 27.3 Å². The minimum Gasteiger partial charge on any atom is -0.454 e. The largest absolute Gasteiger partial charge is 0.454 e. The fraction of sp³-hybridized carbons (Fsp3) is 0.105. The summed E-state index contributed by atoms with van der Waals surface area (Å²) in [5.41, 5.74) is 3.68. The van der Waals surface area contributed by atoms with Gasteiger partial charge in [-0.2, -0.15) is 5.10 Å². The summed E-state index contributed by atoms with van der Waals surface area (Å²) in [6.07, 6.45) is 1.48. The zero-order chi connectivity index (χ0) is 20.9. The van der Waals surface area contributed by atoms with Gasteiger partial charge in [0.2, 0.25) is 17.8 Å². The van der Waals surface area contributed by atoms with Crippen molar-refractivity contribution < 1.29 is 19.1 Å². The molecule has 30 heavy (non-hydrogen) atoms. The van der Waals surface area contributed by atoms with Crippen LogP contribution in [0.25, 0.3) is 0 Å². The highest BCUT2D eigenvalue weighted by Crippen LogP contribution is 2.39. The number of rotatable bonds is 6. The van der Waals surface area contributed by atoms with E-state index in [0.29, 0.717) is 27.2 Å². The number of carbonyl (C=O) groups is 2. The summed E-state index contributed by atoms with van der Waals surface area (Å²) >= 11 is 4.53. The summed E-state index contributed by atoms with van der Waals surface area (Å²) in [6.45, 7) is 0.168. The molecule has 9 nitrogen and oxygen atoms in total. The van der Waals surface area contributed by atoms with Gasteiger partial charge in [0, 0.05) is 5.56 Å². The predicted octanol–water partition coefficient (Wildman–Crippen LogP) is 2.97. The van der Waals surface area contributed by atoms with E-state index < -0.39 is 0 Å². The number of fused-ring (bicyclic) bond motifs is 1. The van der Waals surface area contributed by atoms with E-state index in [2.05, 4.69) is 42.0 Å². The molecule has 4 rings (SSSR count). The van der Waals surface area contributed by atoms with Crippen molar-refractivity contribution in [3.8, 4) is 11.5 Å². The first-order valence-corrected chi connectivity index (χ1v) is 10.3. The molecule has 11 heteroatoms. The van der Waals surface area contributed by atoms with Crippen molar-refractivity contribution in [2.24, 2.45) is 5.10 Å². The van der Waals surface area contributed by atoms with Gasteiger partial charge < -0.3 is 9.47 Å². The van der Waals surface area contributed by atoms with Gasteiger partial charge >= 0.3 is 0 Å². The van der Waals surface area contributed by atoms with Crippen LogP contribution in [-0.4, -0.2) is 35.0 Å². The summed E-state index contributed by atoms with van der Waals surface area (Å²) in [6, 6.07) is 12.3. The number of amides is 2. The minimum atomic E-state index is -0.358. The SMILES string of the molecule is O=C(Cc1nnc(NC(=O)c2ccccc2)s1)N/N=C/c1cc(Br)c2c(c1)OCO2. The Bertz CT molecular complexity index is 1120. The molecule has 0 saturated carbocycles. The van der Waals surface area contributed by atoms with Crippen molar-refractivity contribution >= 4 is 50.4 Å². The number of nitrogens with one attached hydrogen (secondary N) is 2. The Labute approximate surface area is 183 Å². The molecule has 2 amide bonds. The molecular formula is C19H14BrN5O4S. The number of hydrazone groups is 1. The van der Waals surface area contributed by atoms with Crippen LogP contribution in [0.4, 0.5) is 5.13 Å². The van der Waals surface area contributed by atoms with Crippen molar-refractivity contribution in [1.29, 1.82) is 0 Å². The maximum absolute atomic E-state index is 12.1. The molecule has 0 bridgehead atoms. The first-order valence-electron chi connectivity index (χ1n) is 8.68. The third kappa shape index (κ3) is 4.81. The van der Waals surface area contributed by atoms with E-state index >= 15 is 0 Å². The van der Waals surface area contributed by atoms with E-state index in [1.807, 2.05) is 6.07 Å². The Morgan fingerprint density at radius 1 is 1.20 bits per heavy atom. The fourth-order valence-corrected chi connectivity index (χ4v) is 3.86. The van der Waals surface area contributed by atoms with Gasteiger partial charge in [-0.25, -0.2) is 5.43 Å². The van der Waals surface area contributed by atoms with Crippen molar-refractivity contribution in [2.45, 2.75) is 6.42 Å². The van der Waals surface area contributed by atoms with Gasteiger partial charge in [-0.05, 0) is 45.8 Å². The number of hydrogen-bond donors (Lipinski definition) is 2. The fourth-order valence-electron chi connectivity index (χ4n) is 2.55. The maximum atomic E-state index is 12.1. The van der Waals surface area contributed by atoms with Gasteiger partial charge in [-0.1, -0.05) is 29.5 Å². The quantitative estimate of drug-likeness (QED) is 0.407.